The van der Waals surface area contributed by atoms with E-state index in [9.17, 15) is 0 Å². The second kappa shape index (κ2) is 4.66. The average Bonchev–Trinajstić information content (AvgIpc) is 3.09. The summed E-state index contributed by atoms with van der Waals surface area (Å²) in [4.78, 5) is 2.72. The number of nitrogens with one attached hydrogen (secondary N) is 1. The second-order valence-corrected chi connectivity index (χ2v) is 6.55. The maximum Gasteiger partial charge on any atom is 0.0198 e. The molecule has 0 aromatic heterocycles. The van der Waals surface area contributed by atoms with Crippen molar-refractivity contribution in [2.24, 2.45) is 17.8 Å². The number of piperidine rings is 1. The van der Waals surface area contributed by atoms with Crippen LogP contribution in [-0.4, -0.2) is 37.1 Å². The summed E-state index contributed by atoms with van der Waals surface area (Å²) < 4.78 is 0. The zero-order chi connectivity index (χ0) is 11.0. The Hall–Kier alpha value is -0.0800. The van der Waals surface area contributed by atoms with Gasteiger partial charge in [0.15, 0.2) is 0 Å². The Labute approximate surface area is 99.8 Å². The van der Waals surface area contributed by atoms with Gasteiger partial charge in [0.05, 0.1) is 0 Å². The van der Waals surface area contributed by atoms with Gasteiger partial charge in [0.1, 0.15) is 0 Å². The van der Waals surface area contributed by atoms with Crippen molar-refractivity contribution in [2.45, 2.75) is 45.1 Å². The van der Waals surface area contributed by atoms with Gasteiger partial charge in [0.2, 0.25) is 0 Å². The molecule has 0 aromatic carbocycles. The first-order chi connectivity index (χ1) is 7.79. The van der Waals surface area contributed by atoms with E-state index in [2.05, 4.69) is 17.1 Å². The van der Waals surface area contributed by atoms with Gasteiger partial charge in [0, 0.05) is 25.7 Å². The fourth-order valence-electron chi connectivity index (χ4n) is 3.08. The first-order valence-electron chi connectivity index (χ1n) is 7.25. The molecule has 1 heterocycles. The Kier molecular flexibility index (Phi) is 3.21. The number of hydrogen-bond donors (Lipinski definition) is 1. The minimum absolute atomic E-state index is 0.781. The van der Waals surface area contributed by atoms with Crippen LogP contribution in [-0.2, 0) is 0 Å². The molecule has 1 aliphatic heterocycles. The Morgan fingerprint density at radius 2 is 1.81 bits per heavy atom. The van der Waals surface area contributed by atoms with E-state index in [4.69, 9.17) is 0 Å². The van der Waals surface area contributed by atoms with Gasteiger partial charge < -0.3 is 10.2 Å². The predicted octanol–water partition coefficient (Wildman–Crippen LogP) is 2.11. The SMILES string of the molecule is CC1CC(NCC2CC2)CN(CC2CC2)C1. The molecule has 3 rings (SSSR count). The predicted molar refractivity (Wildman–Crippen MR) is 67.5 cm³/mol. The van der Waals surface area contributed by atoms with Crippen molar-refractivity contribution < 1.29 is 0 Å². The van der Waals surface area contributed by atoms with Crippen LogP contribution in [0.25, 0.3) is 0 Å². The molecular formula is C14H26N2. The highest BCUT2D eigenvalue weighted by molar-refractivity contribution is 4.87. The summed E-state index contributed by atoms with van der Waals surface area (Å²) >= 11 is 0. The van der Waals surface area contributed by atoms with Crippen molar-refractivity contribution >= 4 is 0 Å². The van der Waals surface area contributed by atoms with Gasteiger partial charge in [-0.05, 0) is 56.4 Å². The fraction of sp³-hybridized carbons (Fsp3) is 1.00. The topological polar surface area (TPSA) is 15.3 Å². The molecule has 3 fully saturated rings. The van der Waals surface area contributed by atoms with Gasteiger partial charge in [-0.3, -0.25) is 0 Å². The van der Waals surface area contributed by atoms with Crippen LogP contribution < -0.4 is 5.32 Å². The first kappa shape index (κ1) is 11.0. The summed E-state index contributed by atoms with van der Waals surface area (Å²) in [6, 6.07) is 0.781. The van der Waals surface area contributed by atoms with Crippen LogP contribution in [0.15, 0.2) is 0 Å². The molecule has 0 bridgehead atoms. The zero-order valence-corrected chi connectivity index (χ0v) is 10.6. The van der Waals surface area contributed by atoms with Crippen molar-refractivity contribution in [3.8, 4) is 0 Å². The van der Waals surface area contributed by atoms with E-state index in [1.54, 1.807) is 0 Å². The Balaban J connectivity index is 1.44. The van der Waals surface area contributed by atoms with E-state index in [1.807, 2.05) is 0 Å². The van der Waals surface area contributed by atoms with Gasteiger partial charge in [0.25, 0.3) is 0 Å². The van der Waals surface area contributed by atoms with Gasteiger partial charge in [-0.2, -0.15) is 0 Å². The minimum atomic E-state index is 0.781. The lowest BCUT2D eigenvalue weighted by Crippen LogP contribution is -2.49. The van der Waals surface area contributed by atoms with Crippen LogP contribution in [0, 0.1) is 17.8 Å². The lowest BCUT2D eigenvalue weighted by molar-refractivity contribution is 0.143. The highest BCUT2D eigenvalue weighted by Gasteiger charge is 2.30. The third-order valence-electron chi connectivity index (χ3n) is 4.34. The summed E-state index contributed by atoms with van der Waals surface area (Å²) in [6.45, 7) is 7.75. The summed E-state index contributed by atoms with van der Waals surface area (Å²) in [5.74, 6) is 2.97. The van der Waals surface area contributed by atoms with Crippen molar-refractivity contribution in [1.82, 2.24) is 10.2 Å². The maximum absolute atomic E-state index is 3.80. The number of hydrogen-bond acceptors (Lipinski definition) is 2. The Morgan fingerprint density at radius 1 is 1.06 bits per heavy atom. The van der Waals surface area contributed by atoms with Crippen LogP contribution >= 0.6 is 0 Å². The summed E-state index contributed by atoms with van der Waals surface area (Å²) in [5, 5.41) is 3.80. The molecule has 2 nitrogen and oxygen atoms in total. The molecule has 1 saturated heterocycles. The Bertz CT molecular complexity index is 231. The van der Waals surface area contributed by atoms with E-state index in [-0.39, 0.29) is 0 Å². The second-order valence-electron chi connectivity index (χ2n) is 6.55. The quantitative estimate of drug-likeness (QED) is 0.766. The van der Waals surface area contributed by atoms with E-state index < -0.39 is 0 Å². The van der Waals surface area contributed by atoms with Crippen LogP contribution in [0.1, 0.15) is 39.0 Å². The minimum Gasteiger partial charge on any atom is -0.312 e. The molecule has 92 valence electrons. The normalized spacial score (nSPS) is 36.6. The fourth-order valence-corrected chi connectivity index (χ4v) is 3.08. The summed E-state index contributed by atoms with van der Waals surface area (Å²) in [6.07, 6.45) is 7.33. The molecular weight excluding hydrogens is 196 g/mol. The number of likely N-dealkylation sites (tertiary alicyclic amines) is 1. The lowest BCUT2D eigenvalue weighted by atomic mass is 9.95. The molecule has 2 unspecified atom stereocenters. The number of rotatable bonds is 5. The summed E-state index contributed by atoms with van der Waals surface area (Å²) in [7, 11) is 0. The van der Waals surface area contributed by atoms with E-state index >= 15 is 0 Å². The third kappa shape index (κ3) is 3.21. The monoisotopic (exact) mass is 222 g/mol. The molecule has 0 radical (unpaired) electrons. The molecule has 0 amide bonds. The van der Waals surface area contributed by atoms with Gasteiger partial charge in [-0.25, -0.2) is 0 Å². The maximum atomic E-state index is 3.80. The zero-order valence-electron chi connectivity index (χ0n) is 10.6. The molecule has 2 aliphatic carbocycles. The largest absolute Gasteiger partial charge is 0.312 e. The molecule has 0 aromatic rings. The van der Waals surface area contributed by atoms with E-state index in [0.717, 1.165) is 23.8 Å². The first-order valence-corrected chi connectivity index (χ1v) is 7.25. The molecule has 2 saturated carbocycles. The molecule has 2 heteroatoms. The molecule has 3 aliphatic rings. The molecule has 2 atom stereocenters. The smallest absolute Gasteiger partial charge is 0.0198 e. The third-order valence-corrected chi connectivity index (χ3v) is 4.34. The van der Waals surface area contributed by atoms with Crippen molar-refractivity contribution in [2.75, 3.05) is 26.2 Å². The van der Waals surface area contributed by atoms with Gasteiger partial charge in [-0.15, -0.1) is 0 Å². The van der Waals surface area contributed by atoms with Crippen molar-refractivity contribution in [3.05, 3.63) is 0 Å². The van der Waals surface area contributed by atoms with Crippen molar-refractivity contribution in [3.63, 3.8) is 0 Å². The molecule has 1 N–H and O–H groups in total. The summed E-state index contributed by atoms with van der Waals surface area (Å²) in [5.41, 5.74) is 0. The average molecular weight is 222 g/mol. The lowest BCUT2D eigenvalue weighted by Gasteiger charge is -2.37. The van der Waals surface area contributed by atoms with Crippen LogP contribution in [0.5, 0.6) is 0 Å². The highest BCUT2D eigenvalue weighted by atomic mass is 15.2. The molecule has 0 spiro atoms. The van der Waals surface area contributed by atoms with E-state index in [0.29, 0.717) is 0 Å². The van der Waals surface area contributed by atoms with Crippen LogP contribution in [0.3, 0.4) is 0 Å². The van der Waals surface area contributed by atoms with Crippen molar-refractivity contribution in [1.29, 1.82) is 0 Å². The highest BCUT2D eigenvalue weighted by Crippen LogP contribution is 2.31. The Morgan fingerprint density at radius 3 is 2.50 bits per heavy atom. The molecule has 16 heavy (non-hydrogen) atoms. The van der Waals surface area contributed by atoms with Gasteiger partial charge >= 0.3 is 0 Å². The van der Waals surface area contributed by atoms with Gasteiger partial charge in [-0.1, -0.05) is 6.92 Å². The van der Waals surface area contributed by atoms with E-state index in [1.165, 1.54) is 58.3 Å². The standard InChI is InChI=1S/C14H26N2/c1-11-6-14(15-7-12-2-3-12)10-16(8-11)9-13-4-5-13/h11-15H,2-10H2,1H3. The number of nitrogens with zero attached hydrogens (tertiary/aromatic N) is 1. The van der Waals surface area contributed by atoms with Crippen LogP contribution in [0.4, 0.5) is 0 Å². The van der Waals surface area contributed by atoms with Crippen LogP contribution in [0.2, 0.25) is 0 Å².